The van der Waals surface area contributed by atoms with Crippen LogP contribution in [-0.4, -0.2) is 34.9 Å². The molecule has 3 heterocycles. The summed E-state index contributed by atoms with van der Waals surface area (Å²) in [5.74, 6) is 0.809. The summed E-state index contributed by atoms with van der Waals surface area (Å²) in [7, 11) is 0. The quantitative estimate of drug-likeness (QED) is 0.710. The van der Waals surface area contributed by atoms with E-state index in [1.807, 2.05) is 48.7 Å². The molecule has 2 atom stereocenters. The number of benzene rings is 1. The summed E-state index contributed by atoms with van der Waals surface area (Å²) in [6.07, 6.45) is 5.86. The van der Waals surface area contributed by atoms with Crippen LogP contribution in [0, 0.1) is 0 Å². The van der Waals surface area contributed by atoms with Gasteiger partial charge in [0.1, 0.15) is 11.9 Å². The lowest BCUT2D eigenvalue weighted by atomic mass is 10.1. The Kier molecular flexibility index (Phi) is 5.63. The van der Waals surface area contributed by atoms with Gasteiger partial charge in [-0.15, -0.1) is 0 Å². The Labute approximate surface area is 163 Å². The van der Waals surface area contributed by atoms with Gasteiger partial charge in [-0.3, -0.25) is 15.3 Å². The van der Waals surface area contributed by atoms with E-state index < -0.39 is 6.09 Å². The summed E-state index contributed by atoms with van der Waals surface area (Å²) in [6, 6.07) is 13.5. The Morgan fingerprint density at radius 2 is 2.14 bits per heavy atom. The maximum Gasteiger partial charge on any atom is 0.409 e. The third-order valence-electron chi connectivity index (χ3n) is 4.62. The zero-order valence-electron chi connectivity index (χ0n) is 15.4. The van der Waals surface area contributed by atoms with E-state index in [1.54, 1.807) is 12.4 Å². The molecule has 1 aromatic carbocycles. The van der Waals surface area contributed by atoms with Crippen molar-refractivity contribution in [2.24, 2.45) is 0 Å². The molecule has 28 heavy (non-hydrogen) atoms. The highest BCUT2D eigenvalue weighted by molar-refractivity contribution is 5.82. The van der Waals surface area contributed by atoms with Crippen LogP contribution in [0.2, 0.25) is 0 Å². The van der Waals surface area contributed by atoms with Gasteiger partial charge in [-0.25, -0.2) is 4.79 Å². The number of rotatable bonds is 5. The second-order valence-electron chi connectivity index (χ2n) is 6.67. The molecule has 4 rings (SSSR count). The van der Waals surface area contributed by atoms with Crippen LogP contribution in [0.4, 0.5) is 4.79 Å². The van der Waals surface area contributed by atoms with E-state index in [4.69, 9.17) is 9.47 Å². The molecule has 2 N–H and O–H groups in total. The second kappa shape index (κ2) is 8.67. The first-order valence-corrected chi connectivity index (χ1v) is 9.34. The third kappa shape index (κ3) is 4.75. The number of ether oxygens (including phenoxy) is 2. The van der Waals surface area contributed by atoms with E-state index in [0.29, 0.717) is 13.0 Å². The fourth-order valence-corrected chi connectivity index (χ4v) is 3.21. The van der Waals surface area contributed by atoms with Gasteiger partial charge >= 0.3 is 6.09 Å². The number of carbonyl (C=O) groups excluding carboxylic acids is 1. The number of nitrogens with one attached hydrogen (secondary N) is 2. The summed E-state index contributed by atoms with van der Waals surface area (Å²) in [5.41, 5.74) is 0.781. The van der Waals surface area contributed by atoms with Crippen LogP contribution in [-0.2, 0) is 11.3 Å². The van der Waals surface area contributed by atoms with Gasteiger partial charge in [-0.1, -0.05) is 6.07 Å². The van der Waals surface area contributed by atoms with Crippen LogP contribution in [0.3, 0.4) is 0 Å². The van der Waals surface area contributed by atoms with Crippen molar-refractivity contribution >= 4 is 16.9 Å². The minimum atomic E-state index is -0.470. The fraction of sp³-hybridized carbons (Fsp3) is 0.286. The minimum Gasteiger partial charge on any atom is -0.490 e. The van der Waals surface area contributed by atoms with Gasteiger partial charge in [0.05, 0.1) is 12.2 Å². The maximum absolute atomic E-state index is 12.0. The molecule has 7 heteroatoms. The van der Waals surface area contributed by atoms with E-state index in [9.17, 15) is 4.79 Å². The molecule has 1 aliphatic rings. The number of carbonyl (C=O) groups is 1. The smallest absolute Gasteiger partial charge is 0.409 e. The molecule has 0 radical (unpaired) electrons. The Hall–Kier alpha value is -3.19. The molecule has 0 aliphatic carbocycles. The average molecular weight is 378 g/mol. The monoisotopic (exact) mass is 378 g/mol. The molecule has 1 amide bonds. The SMILES string of the molecule is O=C(NCc1ccccn1)O[C@H]1C[C@@H](Oc2ccc3cnccc3c2)CCN1. The minimum absolute atomic E-state index is 0.0193. The fourth-order valence-electron chi connectivity index (χ4n) is 3.21. The van der Waals surface area contributed by atoms with Crippen molar-refractivity contribution < 1.29 is 14.3 Å². The summed E-state index contributed by atoms with van der Waals surface area (Å²) in [4.78, 5) is 20.3. The van der Waals surface area contributed by atoms with Crippen molar-refractivity contribution in [1.82, 2.24) is 20.6 Å². The second-order valence-corrected chi connectivity index (χ2v) is 6.67. The number of pyridine rings is 2. The zero-order chi connectivity index (χ0) is 19.2. The van der Waals surface area contributed by atoms with E-state index in [2.05, 4.69) is 20.6 Å². The van der Waals surface area contributed by atoms with E-state index in [0.717, 1.165) is 35.2 Å². The van der Waals surface area contributed by atoms with Crippen molar-refractivity contribution in [3.8, 4) is 5.75 Å². The van der Waals surface area contributed by atoms with Gasteiger partial charge in [0.15, 0.2) is 6.23 Å². The van der Waals surface area contributed by atoms with Crippen LogP contribution in [0.25, 0.3) is 10.8 Å². The number of hydrogen-bond donors (Lipinski definition) is 2. The van der Waals surface area contributed by atoms with Gasteiger partial charge in [0, 0.05) is 36.9 Å². The molecule has 144 valence electrons. The number of fused-ring (bicyclic) bond motifs is 1. The van der Waals surface area contributed by atoms with Crippen LogP contribution >= 0.6 is 0 Å². The van der Waals surface area contributed by atoms with Crippen LogP contribution < -0.4 is 15.4 Å². The van der Waals surface area contributed by atoms with E-state index in [-0.39, 0.29) is 12.3 Å². The number of nitrogens with zero attached hydrogens (tertiary/aromatic N) is 2. The molecular weight excluding hydrogens is 356 g/mol. The normalized spacial score (nSPS) is 19.1. The van der Waals surface area contributed by atoms with E-state index >= 15 is 0 Å². The van der Waals surface area contributed by atoms with Crippen molar-refractivity contribution in [2.45, 2.75) is 31.7 Å². The Morgan fingerprint density at radius 1 is 1.18 bits per heavy atom. The molecule has 0 spiro atoms. The molecular formula is C21H22N4O3. The summed E-state index contributed by atoms with van der Waals surface area (Å²) >= 11 is 0. The molecule has 0 unspecified atom stereocenters. The first kappa shape index (κ1) is 18.2. The van der Waals surface area contributed by atoms with Crippen molar-refractivity contribution in [3.05, 3.63) is 66.7 Å². The molecule has 2 aromatic heterocycles. The topological polar surface area (TPSA) is 85.4 Å². The first-order valence-electron chi connectivity index (χ1n) is 9.34. The number of alkyl carbamates (subject to hydrolysis) is 1. The Morgan fingerprint density at radius 3 is 3.04 bits per heavy atom. The highest BCUT2D eigenvalue weighted by Crippen LogP contribution is 2.23. The molecule has 3 aromatic rings. The number of amides is 1. The van der Waals surface area contributed by atoms with Gasteiger partial charge in [0.2, 0.25) is 0 Å². The van der Waals surface area contributed by atoms with Crippen LogP contribution in [0.15, 0.2) is 61.1 Å². The maximum atomic E-state index is 12.0. The van der Waals surface area contributed by atoms with Gasteiger partial charge in [-0.2, -0.15) is 0 Å². The Bertz CT molecular complexity index is 935. The third-order valence-corrected chi connectivity index (χ3v) is 4.62. The van der Waals surface area contributed by atoms with Crippen molar-refractivity contribution in [3.63, 3.8) is 0 Å². The first-order chi connectivity index (χ1) is 13.8. The van der Waals surface area contributed by atoms with Crippen molar-refractivity contribution in [1.29, 1.82) is 0 Å². The molecule has 1 fully saturated rings. The number of hydrogen-bond acceptors (Lipinski definition) is 6. The summed E-state index contributed by atoms with van der Waals surface area (Å²) in [5, 5.41) is 8.09. The lowest BCUT2D eigenvalue weighted by molar-refractivity contribution is 0.0201. The molecule has 7 nitrogen and oxygen atoms in total. The molecule has 0 bridgehead atoms. The lowest BCUT2D eigenvalue weighted by Gasteiger charge is -2.30. The molecule has 1 saturated heterocycles. The molecule has 1 aliphatic heterocycles. The van der Waals surface area contributed by atoms with Gasteiger partial charge in [0.25, 0.3) is 0 Å². The molecule has 0 saturated carbocycles. The Balaban J connectivity index is 1.29. The van der Waals surface area contributed by atoms with Gasteiger partial charge in [-0.05, 0) is 48.2 Å². The van der Waals surface area contributed by atoms with Gasteiger partial charge < -0.3 is 14.8 Å². The summed E-state index contributed by atoms with van der Waals surface area (Å²) in [6.45, 7) is 1.05. The summed E-state index contributed by atoms with van der Waals surface area (Å²) < 4.78 is 11.6. The number of piperidine rings is 1. The highest BCUT2D eigenvalue weighted by Gasteiger charge is 2.25. The predicted octanol–water partition coefficient (Wildman–Crippen LogP) is 3.01. The van der Waals surface area contributed by atoms with Crippen molar-refractivity contribution in [2.75, 3.05) is 6.54 Å². The predicted molar refractivity (Wildman–Crippen MR) is 105 cm³/mol. The van der Waals surface area contributed by atoms with Crippen LogP contribution in [0.1, 0.15) is 18.5 Å². The van der Waals surface area contributed by atoms with Crippen LogP contribution in [0.5, 0.6) is 5.75 Å². The standard InChI is InChI=1S/C21H22N4O3/c26-21(25-14-17-3-1-2-8-23-17)28-20-12-19(7-10-24-20)27-18-5-4-16-13-22-9-6-15(16)11-18/h1-6,8-9,11,13,19-20,24H,7,10,12,14H2,(H,25,26)/t19-,20-/m0/s1. The lowest BCUT2D eigenvalue weighted by Crippen LogP contribution is -2.46. The zero-order valence-corrected chi connectivity index (χ0v) is 15.4. The number of aromatic nitrogens is 2. The highest BCUT2D eigenvalue weighted by atomic mass is 16.6. The average Bonchev–Trinajstić information content (AvgIpc) is 2.73. The van der Waals surface area contributed by atoms with E-state index in [1.165, 1.54) is 0 Å². The largest absolute Gasteiger partial charge is 0.490 e.